The van der Waals surface area contributed by atoms with Gasteiger partial charge in [-0.25, -0.2) is 0 Å². The van der Waals surface area contributed by atoms with Gasteiger partial charge in [-0.05, 0) is 50.9 Å². The van der Waals surface area contributed by atoms with Crippen molar-refractivity contribution < 1.29 is 9.47 Å². The second-order valence-electron chi connectivity index (χ2n) is 4.75. The van der Waals surface area contributed by atoms with E-state index >= 15 is 0 Å². The minimum Gasteiger partial charge on any atom is -0.493 e. The predicted molar refractivity (Wildman–Crippen MR) is 79.9 cm³/mol. The highest BCUT2D eigenvalue weighted by atomic mass is 16.5. The first-order valence-corrected chi connectivity index (χ1v) is 6.89. The van der Waals surface area contributed by atoms with Crippen molar-refractivity contribution in [1.82, 2.24) is 0 Å². The summed E-state index contributed by atoms with van der Waals surface area (Å²) in [5, 5.41) is 0. The average molecular weight is 263 g/mol. The molecule has 0 bridgehead atoms. The largest absolute Gasteiger partial charge is 0.493 e. The smallest absolute Gasteiger partial charge is 0.126 e. The van der Waals surface area contributed by atoms with Crippen LogP contribution in [-0.4, -0.2) is 19.8 Å². The van der Waals surface area contributed by atoms with E-state index in [0.29, 0.717) is 13.2 Å². The predicted octanol–water partition coefficient (Wildman–Crippen LogP) is 3.32. The number of benzene rings is 1. The van der Waals surface area contributed by atoms with Crippen LogP contribution in [0.5, 0.6) is 11.5 Å². The van der Waals surface area contributed by atoms with Crippen LogP contribution in [-0.2, 0) is 6.42 Å². The van der Waals surface area contributed by atoms with Gasteiger partial charge in [0, 0.05) is 6.07 Å². The van der Waals surface area contributed by atoms with Crippen molar-refractivity contribution in [3.05, 3.63) is 35.4 Å². The lowest BCUT2D eigenvalue weighted by molar-refractivity contribution is 0.311. The second-order valence-corrected chi connectivity index (χ2v) is 4.75. The molecule has 0 aliphatic carbocycles. The Bertz CT molecular complexity index is 409. The maximum absolute atomic E-state index is 5.81. The van der Waals surface area contributed by atoms with Gasteiger partial charge < -0.3 is 15.2 Å². The minimum atomic E-state index is 0.580. The first-order valence-electron chi connectivity index (χ1n) is 6.89. The first-order chi connectivity index (χ1) is 9.17. The Kier molecular flexibility index (Phi) is 7.04. The molecular formula is C16H25NO2. The second kappa shape index (κ2) is 8.59. The lowest BCUT2D eigenvalue weighted by atomic mass is 10.1. The number of nitrogens with two attached hydrogens (primary N) is 1. The summed E-state index contributed by atoms with van der Waals surface area (Å²) >= 11 is 0. The zero-order valence-electron chi connectivity index (χ0n) is 12.2. The van der Waals surface area contributed by atoms with E-state index in [2.05, 4.69) is 26.8 Å². The maximum Gasteiger partial charge on any atom is 0.126 e. The van der Waals surface area contributed by atoms with Crippen molar-refractivity contribution in [2.24, 2.45) is 5.73 Å². The fourth-order valence-electron chi connectivity index (χ4n) is 1.64. The molecule has 0 fully saturated rings. The average Bonchev–Trinajstić information content (AvgIpc) is 2.38. The number of rotatable bonds is 8. The van der Waals surface area contributed by atoms with E-state index in [1.807, 2.05) is 18.2 Å². The molecule has 0 aromatic heterocycles. The molecular weight excluding hydrogens is 238 g/mol. The molecule has 1 aromatic carbocycles. The molecule has 3 nitrogen and oxygen atoms in total. The van der Waals surface area contributed by atoms with Gasteiger partial charge in [0.1, 0.15) is 18.1 Å². The van der Waals surface area contributed by atoms with Crippen LogP contribution in [0.3, 0.4) is 0 Å². The summed E-state index contributed by atoms with van der Waals surface area (Å²) in [6.45, 7) is 8.14. The van der Waals surface area contributed by atoms with E-state index in [0.717, 1.165) is 36.5 Å². The molecule has 0 saturated carbocycles. The normalized spacial score (nSPS) is 10.1. The van der Waals surface area contributed by atoms with Crippen LogP contribution >= 0.6 is 0 Å². The van der Waals surface area contributed by atoms with E-state index in [9.17, 15) is 0 Å². The molecule has 0 heterocycles. The van der Waals surface area contributed by atoms with Crippen LogP contribution in [0.25, 0.3) is 0 Å². The van der Waals surface area contributed by atoms with Gasteiger partial charge >= 0.3 is 0 Å². The molecule has 19 heavy (non-hydrogen) atoms. The zero-order valence-corrected chi connectivity index (χ0v) is 12.2. The third-order valence-electron chi connectivity index (χ3n) is 2.66. The van der Waals surface area contributed by atoms with E-state index in [-0.39, 0.29) is 0 Å². The van der Waals surface area contributed by atoms with Gasteiger partial charge in [-0.15, -0.1) is 0 Å². The number of hydrogen-bond acceptors (Lipinski definition) is 3. The molecule has 0 spiro atoms. The summed E-state index contributed by atoms with van der Waals surface area (Å²) in [6, 6.07) is 5.98. The quantitative estimate of drug-likeness (QED) is 0.732. The molecule has 1 aromatic rings. The fourth-order valence-corrected chi connectivity index (χ4v) is 1.64. The van der Waals surface area contributed by atoms with Crippen LogP contribution in [0.1, 0.15) is 32.8 Å². The maximum atomic E-state index is 5.81. The molecule has 3 heteroatoms. The third kappa shape index (κ3) is 5.79. The molecule has 0 saturated heterocycles. The summed E-state index contributed by atoms with van der Waals surface area (Å²) in [5.74, 6) is 1.73. The van der Waals surface area contributed by atoms with E-state index in [1.165, 1.54) is 5.57 Å². The molecule has 0 aliphatic heterocycles. The lowest BCUT2D eigenvalue weighted by Crippen LogP contribution is -2.06. The Morgan fingerprint density at radius 2 is 2.05 bits per heavy atom. The van der Waals surface area contributed by atoms with Gasteiger partial charge in [0.2, 0.25) is 0 Å². The summed E-state index contributed by atoms with van der Waals surface area (Å²) in [7, 11) is 0. The number of hydrogen-bond donors (Lipinski definition) is 1. The molecule has 0 amide bonds. The molecule has 1 rings (SSSR count). The molecule has 0 atom stereocenters. The first kappa shape index (κ1) is 15.6. The fraction of sp³-hybridized carbons (Fsp3) is 0.500. The van der Waals surface area contributed by atoms with Crippen LogP contribution in [0.15, 0.2) is 29.8 Å². The summed E-state index contributed by atoms with van der Waals surface area (Å²) in [4.78, 5) is 0. The van der Waals surface area contributed by atoms with Crippen molar-refractivity contribution in [3.8, 4) is 11.5 Å². The van der Waals surface area contributed by atoms with Gasteiger partial charge in [0.25, 0.3) is 0 Å². The Morgan fingerprint density at radius 1 is 1.26 bits per heavy atom. The van der Waals surface area contributed by atoms with Gasteiger partial charge in [0.05, 0.1) is 6.61 Å². The molecule has 0 unspecified atom stereocenters. The van der Waals surface area contributed by atoms with Crippen LogP contribution in [0.2, 0.25) is 0 Å². The topological polar surface area (TPSA) is 44.5 Å². The molecule has 0 radical (unpaired) electrons. The SMILES string of the molecule is CCCOc1ccc(CCN)c(OCC=C(C)C)c1. The molecule has 106 valence electrons. The van der Waals surface area contributed by atoms with Gasteiger partial charge in [-0.3, -0.25) is 0 Å². The molecule has 0 aliphatic rings. The van der Waals surface area contributed by atoms with Crippen molar-refractivity contribution in [2.45, 2.75) is 33.6 Å². The van der Waals surface area contributed by atoms with Gasteiger partial charge in [0.15, 0.2) is 0 Å². The highest BCUT2D eigenvalue weighted by molar-refractivity contribution is 5.41. The number of allylic oxidation sites excluding steroid dienone is 1. The minimum absolute atomic E-state index is 0.580. The third-order valence-corrected chi connectivity index (χ3v) is 2.66. The lowest BCUT2D eigenvalue weighted by Gasteiger charge is -2.12. The highest BCUT2D eigenvalue weighted by Crippen LogP contribution is 2.25. The Labute approximate surface area is 116 Å². The van der Waals surface area contributed by atoms with Crippen molar-refractivity contribution >= 4 is 0 Å². The monoisotopic (exact) mass is 263 g/mol. The van der Waals surface area contributed by atoms with Crippen molar-refractivity contribution in [1.29, 1.82) is 0 Å². The summed E-state index contributed by atoms with van der Waals surface area (Å²) < 4.78 is 11.4. The van der Waals surface area contributed by atoms with Crippen LogP contribution < -0.4 is 15.2 Å². The molecule has 2 N–H and O–H groups in total. The van der Waals surface area contributed by atoms with Crippen LogP contribution in [0, 0.1) is 0 Å². The van der Waals surface area contributed by atoms with E-state index in [1.54, 1.807) is 0 Å². The highest BCUT2D eigenvalue weighted by Gasteiger charge is 2.05. The van der Waals surface area contributed by atoms with Gasteiger partial charge in [-0.1, -0.05) is 18.6 Å². The Hall–Kier alpha value is -1.48. The zero-order chi connectivity index (χ0) is 14.1. The Morgan fingerprint density at radius 3 is 2.68 bits per heavy atom. The summed E-state index contributed by atoms with van der Waals surface area (Å²) in [6.07, 6.45) is 3.88. The standard InChI is InChI=1S/C16H25NO2/c1-4-10-18-15-6-5-14(7-9-17)16(12-15)19-11-8-13(2)3/h5-6,8,12H,4,7,9-11,17H2,1-3H3. The number of ether oxygens (including phenoxy) is 2. The van der Waals surface area contributed by atoms with Crippen molar-refractivity contribution in [3.63, 3.8) is 0 Å². The van der Waals surface area contributed by atoms with Gasteiger partial charge in [-0.2, -0.15) is 0 Å². The summed E-state index contributed by atoms with van der Waals surface area (Å²) in [5.41, 5.74) is 8.01. The van der Waals surface area contributed by atoms with Crippen molar-refractivity contribution in [2.75, 3.05) is 19.8 Å². The van der Waals surface area contributed by atoms with Crippen LogP contribution in [0.4, 0.5) is 0 Å². The van der Waals surface area contributed by atoms with E-state index in [4.69, 9.17) is 15.2 Å². The Balaban J connectivity index is 2.78. The van der Waals surface area contributed by atoms with E-state index < -0.39 is 0 Å².